The first-order valence-corrected chi connectivity index (χ1v) is 9.75. The Morgan fingerprint density at radius 3 is 2.67 bits per heavy atom. The molecule has 1 aliphatic rings. The highest BCUT2D eigenvalue weighted by Gasteiger charge is 2.16. The fourth-order valence-electron chi connectivity index (χ4n) is 3.26. The molecule has 0 saturated carbocycles. The maximum absolute atomic E-state index is 11.5. The molecule has 0 fully saturated rings. The summed E-state index contributed by atoms with van der Waals surface area (Å²) < 4.78 is 23.1. The van der Waals surface area contributed by atoms with Gasteiger partial charge in [0.15, 0.2) is 0 Å². The van der Waals surface area contributed by atoms with Gasteiger partial charge in [-0.05, 0) is 74.4 Å². The van der Waals surface area contributed by atoms with Gasteiger partial charge in [0.05, 0.1) is 4.90 Å². The van der Waals surface area contributed by atoms with E-state index < -0.39 is 10.0 Å². The van der Waals surface area contributed by atoms with Gasteiger partial charge in [-0.3, -0.25) is 4.98 Å². The van der Waals surface area contributed by atoms with E-state index in [1.165, 1.54) is 35.7 Å². The molecule has 128 valence electrons. The molecule has 2 aromatic rings. The minimum absolute atomic E-state index is 0.128. The van der Waals surface area contributed by atoms with Crippen LogP contribution in [0.15, 0.2) is 29.2 Å². The Morgan fingerprint density at radius 2 is 1.92 bits per heavy atom. The Balaban J connectivity index is 1.88. The number of nitrogens with zero attached hydrogens (tertiary/aromatic N) is 1. The van der Waals surface area contributed by atoms with Crippen molar-refractivity contribution in [2.24, 2.45) is 5.14 Å². The van der Waals surface area contributed by atoms with E-state index in [2.05, 4.69) is 16.4 Å². The van der Waals surface area contributed by atoms with Crippen molar-refractivity contribution in [3.8, 4) is 0 Å². The molecule has 0 spiro atoms. The number of hydrogen-bond acceptors (Lipinski definition) is 4. The van der Waals surface area contributed by atoms with Crippen molar-refractivity contribution in [2.75, 3.05) is 5.32 Å². The molecule has 0 atom stereocenters. The van der Waals surface area contributed by atoms with Crippen LogP contribution < -0.4 is 10.5 Å². The Hall–Kier alpha value is -1.92. The van der Waals surface area contributed by atoms with Gasteiger partial charge in [0.2, 0.25) is 10.0 Å². The highest BCUT2D eigenvalue weighted by atomic mass is 32.2. The van der Waals surface area contributed by atoms with Crippen LogP contribution in [-0.2, 0) is 29.4 Å². The van der Waals surface area contributed by atoms with E-state index in [0.717, 1.165) is 29.8 Å². The average molecular weight is 345 g/mol. The number of sulfonamides is 1. The summed E-state index contributed by atoms with van der Waals surface area (Å²) in [4.78, 5) is 4.80. The third kappa shape index (κ3) is 3.60. The van der Waals surface area contributed by atoms with Crippen molar-refractivity contribution in [3.05, 3.63) is 52.3 Å². The second kappa shape index (κ2) is 6.53. The zero-order valence-corrected chi connectivity index (χ0v) is 14.9. The number of benzene rings is 1. The van der Waals surface area contributed by atoms with Gasteiger partial charge in [0.1, 0.15) is 0 Å². The maximum atomic E-state index is 11.5. The van der Waals surface area contributed by atoms with Gasteiger partial charge < -0.3 is 5.32 Å². The molecule has 0 unspecified atom stereocenters. The van der Waals surface area contributed by atoms with Gasteiger partial charge in [-0.15, -0.1) is 0 Å². The maximum Gasteiger partial charge on any atom is 0.238 e. The number of anilines is 1. The second-order valence-electron chi connectivity index (χ2n) is 6.43. The van der Waals surface area contributed by atoms with Crippen LogP contribution >= 0.6 is 0 Å². The molecule has 24 heavy (non-hydrogen) atoms. The van der Waals surface area contributed by atoms with E-state index >= 15 is 0 Å². The Morgan fingerprint density at radius 1 is 1.17 bits per heavy atom. The molecular formula is C18H23N3O2S. The van der Waals surface area contributed by atoms with Crippen molar-refractivity contribution in [2.45, 2.75) is 51.0 Å². The number of pyridine rings is 1. The highest BCUT2D eigenvalue weighted by molar-refractivity contribution is 7.89. The molecule has 0 amide bonds. The molecule has 1 aliphatic carbocycles. The van der Waals surface area contributed by atoms with Crippen LogP contribution in [0.1, 0.15) is 40.9 Å². The predicted molar refractivity (Wildman–Crippen MR) is 95.5 cm³/mol. The molecule has 0 bridgehead atoms. The Bertz CT molecular complexity index is 876. The molecule has 1 heterocycles. The van der Waals surface area contributed by atoms with E-state index in [4.69, 9.17) is 5.14 Å². The molecule has 1 aromatic heterocycles. The minimum Gasteiger partial charge on any atom is -0.381 e. The smallest absolute Gasteiger partial charge is 0.238 e. The number of nitrogens with two attached hydrogens (primary N) is 1. The summed E-state index contributed by atoms with van der Waals surface area (Å²) in [7, 11) is -3.70. The molecule has 0 saturated heterocycles. The van der Waals surface area contributed by atoms with Gasteiger partial charge >= 0.3 is 0 Å². The lowest BCUT2D eigenvalue weighted by molar-refractivity contribution is 0.598. The summed E-state index contributed by atoms with van der Waals surface area (Å²) in [6.45, 7) is 4.62. The summed E-state index contributed by atoms with van der Waals surface area (Å²) in [5, 5.41) is 8.60. The lowest BCUT2D eigenvalue weighted by Crippen LogP contribution is -2.14. The quantitative estimate of drug-likeness (QED) is 0.892. The first-order valence-electron chi connectivity index (χ1n) is 8.20. The normalized spacial score (nSPS) is 14.3. The Kier molecular flexibility index (Phi) is 4.60. The van der Waals surface area contributed by atoms with Crippen LogP contribution in [0.5, 0.6) is 0 Å². The zero-order valence-electron chi connectivity index (χ0n) is 14.1. The monoisotopic (exact) mass is 345 g/mol. The van der Waals surface area contributed by atoms with Gasteiger partial charge in [0.25, 0.3) is 0 Å². The van der Waals surface area contributed by atoms with Gasteiger partial charge in [-0.25, -0.2) is 13.6 Å². The van der Waals surface area contributed by atoms with Crippen LogP contribution in [0.2, 0.25) is 0 Å². The molecule has 6 heteroatoms. The van der Waals surface area contributed by atoms with Crippen molar-refractivity contribution >= 4 is 15.7 Å². The minimum atomic E-state index is -3.70. The average Bonchev–Trinajstić information content (AvgIpc) is 2.52. The van der Waals surface area contributed by atoms with E-state index in [0.29, 0.717) is 6.54 Å². The lowest BCUT2D eigenvalue weighted by atomic mass is 9.91. The van der Waals surface area contributed by atoms with Gasteiger partial charge in [-0.2, -0.15) is 0 Å². The lowest BCUT2D eigenvalue weighted by Gasteiger charge is -2.20. The van der Waals surface area contributed by atoms with Crippen molar-refractivity contribution in [3.63, 3.8) is 0 Å². The molecule has 0 radical (unpaired) electrons. The summed E-state index contributed by atoms with van der Waals surface area (Å²) >= 11 is 0. The number of hydrogen-bond donors (Lipinski definition) is 2. The highest BCUT2D eigenvalue weighted by Crippen LogP contribution is 2.26. The van der Waals surface area contributed by atoms with Gasteiger partial charge in [-0.1, -0.05) is 6.07 Å². The molecular weight excluding hydrogens is 322 g/mol. The van der Waals surface area contributed by atoms with Crippen molar-refractivity contribution in [1.82, 2.24) is 4.98 Å². The van der Waals surface area contributed by atoms with Crippen LogP contribution in [-0.4, -0.2) is 13.4 Å². The van der Waals surface area contributed by atoms with Crippen molar-refractivity contribution < 1.29 is 8.42 Å². The molecule has 1 aromatic carbocycles. The van der Waals surface area contributed by atoms with Crippen LogP contribution in [0.4, 0.5) is 5.69 Å². The summed E-state index contributed by atoms with van der Waals surface area (Å²) in [5.41, 5.74) is 6.62. The fraction of sp³-hybridized carbons (Fsp3) is 0.389. The van der Waals surface area contributed by atoms with E-state index in [9.17, 15) is 8.42 Å². The second-order valence-corrected chi connectivity index (χ2v) is 7.99. The standard InChI is InChI=1S/C18H23N3O2S/c1-12-7-8-15(24(19,22)23)10-18(12)20-11-14-9-13(2)21-17-6-4-3-5-16(14)17/h7-10,20H,3-6,11H2,1-2H3,(H2,19,22,23). The molecule has 5 nitrogen and oxygen atoms in total. The third-order valence-corrected chi connectivity index (χ3v) is 5.44. The van der Waals surface area contributed by atoms with Gasteiger partial charge in [0, 0.05) is 23.6 Å². The zero-order chi connectivity index (χ0) is 17.3. The number of nitrogens with one attached hydrogen (secondary N) is 1. The van der Waals surface area contributed by atoms with Crippen molar-refractivity contribution in [1.29, 1.82) is 0 Å². The van der Waals surface area contributed by atoms with E-state index in [1.54, 1.807) is 12.1 Å². The topological polar surface area (TPSA) is 85.1 Å². The SMILES string of the molecule is Cc1cc(CNc2cc(S(N)(=O)=O)ccc2C)c2c(n1)CCCC2. The number of rotatable bonds is 4. The van der Waals surface area contributed by atoms with E-state index in [-0.39, 0.29) is 4.90 Å². The van der Waals surface area contributed by atoms with Crippen LogP contribution in [0.3, 0.4) is 0 Å². The summed E-state index contributed by atoms with van der Waals surface area (Å²) in [6, 6.07) is 7.03. The molecule has 3 N–H and O–H groups in total. The van der Waals surface area contributed by atoms with E-state index in [1.807, 2.05) is 13.8 Å². The fourth-order valence-corrected chi connectivity index (χ4v) is 3.80. The summed E-state index contributed by atoms with van der Waals surface area (Å²) in [6.07, 6.45) is 4.51. The summed E-state index contributed by atoms with van der Waals surface area (Å²) in [5.74, 6) is 0. The molecule has 0 aliphatic heterocycles. The first kappa shape index (κ1) is 16.9. The van der Waals surface area contributed by atoms with Crippen LogP contribution in [0, 0.1) is 13.8 Å². The Labute approximate surface area is 143 Å². The number of fused-ring (bicyclic) bond motifs is 1. The number of primary sulfonamides is 1. The number of aromatic nitrogens is 1. The largest absolute Gasteiger partial charge is 0.381 e. The van der Waals surface area contributed by atoms with Crippen LogP contribution in [0.25, 0.3) is 0 Å². The predicted octanol–water partition coefficient (Wildman–Crippen LogP) is 2.84. The third-order valence-electron chi connectivity index (χ3n) is 4.53. The first-order chi connectivity index (χ1) is 11.3. The number of aryl methyl sites for hydroxylation is 3. The molecule has 3 rings (SSSR count).